The molecule has 8 nitrogen and oxygen atoms in total. The summed E-state index contributed by atoms with van der Waals surface area (Å²) in [4.78, 5) is 37.5. The number of carbonyl (C=O) groups excluding carboxylic acids is 3. The molecule has 8 heteroatoms. The predicted octanol–water partition coefficient (Wildman–Crippen LogP) is 2.97. The molecule has 0 unspecified atom stereocenters. The Balaban J connectivity index is 1.56. The van der Waals surface area contributed by atoms with E-state index in [-0.39, 0.29) is 24.3 Å². The highest BCUT2D eigenvalue weighted by Crippen LogP contribution is 2.24. The van der Waals surface area contributed by atoms with Gasteiger partial charge >= 0.3 is 6.03 Å². The maximum absolute atomic E-state index is 12.4. The van der Waals surface area contributed by atoms with Gasteiger partial charge in [-0.1, -0.05) is 6.07 Å². The first-order chi connectivity index (χ1) is 13.9. The molecule has 0 spiro atoms. The van der Waals surface area contributed by atoms with E-state index in [0.29, 0.717) is 24.5 Å². The van der Waals surface area contributed by atoms with Crippen LogP contribution in [-0.2, 0) is 9.59 Å². The average molecular weight is 396 g/mol. The number of nitrogens with zero attached hydrogens (tertiary/aromatic N) is 1. The van der Waals surface area contributed by atoms with Crippen LogP contribution in [0.4, 0.5) is 21.9 Å². The fourth-order valence-corrected chi connectivity index (χ4v) is 3.17. The van der Waals surface area contributed by atoms with Crippen molar-refractivity contribution in [2.45, 2.75) is 26.3 Å². The molecule has 1 aliphatic rings. The van der Waals surface area contributed by atoms with Crippen LogP contribution in [0.3, 0.4) is 0 Å². The summed E-state index contributed by atoms with van der Waals surface area (Å²) in [6.45, 7) is 4.30. The first kappa shape index (κ1) is 20.2. The molecule has 1 heterocycles. The highest BCUT2D eigenvalue weighted by atomic mass is 16.5. The summed E-state index contributed by atoms with van der Waals surface area (Å²) >= 11 is 0. The minimum absolute atomic E-state index is 0.0490. The van der Waals surface area contributed by atoms with Gasteiger partial charge in [0.2, 0.25) is 11.8 Å². The van der Waals surface area contributed by atoms with E-state index in [2.05, 4.69) is 16.0 Å². The van der Waals surface area contributed by atoms with Crippen molar-refractivity contribution < 1.29 is 19.1 Å². The van der Waals surface area contributed by atoms with Crippen LogP contribution in [-0.4, -0.2) is 37.0 Å². The van der Waals surface area contributed by atoms with Crippen molar-refractivity contribution >= 4 is 34.9 Å². The van der Waals surface area contributed by atoms with Crippen LogP contribution < -0.4 is 25.6 Å². The quantitative estimate of drug-likeness (QED) is 0.699. The number of nitrogens with one attached hydrogen (secondary N) is 3. The molecule has 0 saturated carbocycles. The van der Waals surface area contributed by atoms with Gasteiger partial charge in [-0.25, -0.2) is 4.79 Å². The SMILES string of the molecule is CCOc1ccc(N2C[C@@H](NC(=O)Nc3cccc(NC(C)=O)c3)CC2=O)cc1. The minimum Gasteiger partial charge on any atom is -0.494 e. The van der Waals surface area contributed by atoms with Crippen LogP contribution >= 0.6 is 0 Å². The number of ether oxygens (including phenoxy) is 1. The fraction of sp³-hybridized carbons (Fsp3) is 0.286. The highest BCUT2D eigenvalue weighted by molar-refractivity contribution is 5.98. The summed E-state index contributed by atoms with van der Waals surface area (Å²) in [6.07, 6.45) is 0.229. The van der Waals surface area contributed by atoms with E-state index >= 15 is 0 Å². The van der Waals surface area contributed by atoms with E-state index in [1.165, 1.54) is 6.92 Å². The van der Waals surface area contributed by atoms with Crippen LogP contribution in [0, 0.1) is 0 Å². The highest BCUT2D eigenvalue weighted by Gasteiger charge is 2.31. The van der Waals surface area contributed by atoms with Crippen molar-refractivity contribution in [3.05, 3.63) is 48.5 Å². The predicted molar refractivity (Wildman–Crippen MR) is 111 cm³/mol. The molecule has 2 aromatic carbocycles. The maximum Gasteiger partial charge on any atom is 0.319 e. The number of carbonyl (C=O) groups is 3. The fourth-order valence-electron chi connectivity index (χ4n) is 3.17. The van der Waals surface area contributed by atoms with Gasteiger partial charge in [0, 0.05) is 37.0 Å². The summed E-state index contributed by atoms with van der Waals surface area (Å²) < 4.78 is 5.42. The van der Waals surface area contributed by atoms with Crippen LogP contribution in [0.25, 0.3) is 0 Å². The average Bonchev–Trinajstić information content (AvgIpc) is 3.02. The Bertz CT molecular complexity index is 898. The lowest BCUT2D eigenvalue weighted by molar-refractivity contribution is -0.117. The lowest BCUT2D eigenvalue weighted by Gasteiger charge is -2.18. The Morgan fingerprint density at radius 3 is 2.45 bits per heavy atom. The zero-order chi connectivity index (χ0) is 20.8. The molecule has 1 aliphatic heterocycles. The van der Waals surface area contributed by atoms with Crippen molar-refractivity contribution in [2.24, 2.45) is 0 Å². The molecule has 0 radical (unpaired) electrons. The number of rotatable bonds is 6. The van der Waals surface area contributed by atoms with E-state index in [9.17, 15) is 14.4 Å². The third-order valence-electron chi connectivity index (χ3n) is 4.36. The van der Waals surface area contributed by atoms with Gasteiger partial charge in [0.1, 0.15) is 5.75 Å². The minimum atomic E-state index is -0.406. The maximum atomic E-state index is 12.4. The summed E-state index contributed by atoms with van der Waals surface area (Å²) in [6, 6.07) is 13.4. The molecule has 3 rings (SSSR count). The lowest BCUT2D eigenvalue weighted by Crippen LogP contribution is -2.39. The molecular formula is C21H24N4O4. The topological polar surface area (TPSA) is 99.8 Å². The standard InChI is InChI=1S/C21H24N4O4/c1-3-29-19-9-7-18(8-10-19)25-13-17(12-20(25)27)24-21(28)23-16-6-4-5-15(11-16)22-14(2)26/h4-11,17H,3,12-13H2,1-2H3,(H,22,26)(H2,23,24,28)/t17-/m0/s1. The number of benzene rings is 2. The summed E-state index contributed by atoms with van der Waals surface area (Å²) in [5.74, 6) is 0.510. The second kappa shape index (κ2) is 9.09. The Morgan fingerprint density at radius 2 is 1.79 bits per heavy atom. The van der Waals surface area contributed by atoms with Gasteiger partial charge in [0.05, 0.1) is 12.6 Å². The largest absolute Gasteiger partial charge is 0.494 e. The van der Waals surface area contributed by atoms with E-state index < -0.39 is 6.03 Å². The smallest absolute Gasteiger partial charge is 0.319 e. The molecule has 1 atom stereocenters. The van der Waals surface area contributed by atoms with E-state index in [1.807, 2.05) is 31.2 Å². The molecule has 1 saturated heterocycles. The molecular weight excluding hydrogens is 372 g/mol. The summed E-state index contributed by atoms with van der Waals surface area (Å²) in [5.41, 5.74) is 1.90. The van der Waals surface area contributed by atoms with Crippen molar-refractivity contribution in [2.75, 3.05) is 28.7 Å². The summed E-state index contributed by atoms with van der Waals surface area (Å²) in [7, 11) is 0. The molecule has 2 aromatic rings. The zero-order valence-electron chi connectivity index (χ0n) is 16.4. The van der Waals surface area contributed by atoms with Crippen LogP contribution in [0.2, 0.25) is 0 Å². The van der Waals surface area contributed by atoms with Gasteiger partial charge in [0.25, 0.3) is 0 Å². The number of hydrogen-bond acceptors (Lipinski definition) is 4. The van der Waals surface area contributed by atoms with E-state index in [4.69, 9.17) is 4.74 Å². The Morgan fingerprint density at radius 1 is 1.10 bits per heavy atom. The van der Waals surface area contributed by atoms with Gasteiger partial charge in [0.15, 0.2) is 0 Å². The van der Waals surface area contributed by atoms with Crippen LogP contribution in [0.5, 0.6) is 5.75 Å². The van der Waals surface area contributed by atoms with Gasteiger partial charge < -0.3 is 25.6 Å². The summed E-state index contributed by atoms with van der Waals surface area (Å²) in [5, 5.41) is 8.21. The lowest BCUT2D eigenvalue weighted by atomic mass is 10.2. The number of hydrogen-bond donors (Lipinski definition) is 3. The number of urea groups is 1. The van der Waals surface area contributed by atoms with Crippen molar-refractivity contribution in [1.29, 1.82) is 0 Å². The molecule has 29 heavy (non-hydrogen) atoms. The van der Waals surface area contributed by atoms with Gasteiger partial charge in [-0.15, -0.1) is 0 Å². The second-order valence-electron chi connectivity index (χ2n) is 6.69. The van der Waals surface area contributed by atoms with Gasteiger partial charge in [-0.3, -0.25) is 9.59 Å². The first-order valence-corrected chi connectivity index (χ1v) is 9.43. The van der Waals surface area contributed by atoms with Crippen LogP contribution in [0.15, 0.2) is 48.5 Å². The molecule has 4 amide bonds. The van der Waals surface area contributed by atoms with Gasteiger partial charge in [-0.05, 0) is 49.4 Å². The third kappa shape index (κ3) is 5.47. The molecule has 0 bridgehead atoms. The van der Waals surface area contributed by atoms with E-state index in [1.54, 1.807) is 29.2 Å². The number of anilines is 3. The third-order valence-corrected chi connectivity index (χ3v) is 4.36. The molecule has 0 aromatic heterocycles. The molecule has 3 N–H and O–H groups in total. The van der Waals surface area contributed by atoms with E-state index in [0.717, 1.165) is 11.4 Å². The number of amides is 4. The van der Waals surface area contributed by atoms with Gasteiger partial charge in [-0.2, -0.15) is 0 Å². The normalized spacial score (nSPS) is 15.7. The monoisotopic (exact) mass is 396 g/mol. The van der Waals surface area contributed by atoms with Crippen molar-refractivity contribution in [3.8, 4) is 5.75 Å². The first-order valence-electron chi connectivity index (χ1n) is 9.43. The second-order valence-corrected chi connectivity index (χ2v) is 6.69. The molecule has 0 aliphatic carbocycles. The van der Waals surface area contributed by atoms with Crippen molar-refractivity contribution in [1.82, 2.24) is 5.32 Å². The Hall–Kier alpha value is -3.55. The van der Waals surface area contributed by atoms with Crippen LogP contribution in [0.1, 0.15) is 20.3 Å². The molecule has 1 fully saturated rings. The van der Waals surface area contributed by atoms with Crippen molar-refractivity contribution in [3.63, 3.8) is 0 Å². The zero-order valence-corrected chi connectivity index (χ0v) is 16.4. The Labute approximate surface area is 169 Å². The Kier molecular flexibility index (Phi) is 6.33. The molecule has 152 valence electrons.